The van der Waals surface area contributed by atoms with E-state index in [0.29, 0.717) is 19.8 Å². The van der Waals surface area contributed by atoms with Gasteiger partial charge in [0, 0.05) is 0 Å². The Kier molecular flexibility index (Phi) is 10.6. The van der Waals surface area contributed by atoms with Crippen LogP contribution in [0.5, 0.6) is 0 Å². The van der Waals surface area contributed by atoms with Gasteiger partial charge in [0.1, 0.15) is 0 Å². The molecule has 146 valence electrons. The topological polar surface area (TPSA) is 72.5 Å². The first-order valence-corrected chi connectivity index (χ1v) is 18.2. The predicted molar refractivity (Wildman–Crippen MR) is 103 cm³/mol. The zero-order valence-electron chi connectivity index (χ0n) is 15.7. The molecule has 0 aromatic rings. The molecule has 0 rings (SSSR count). The maximum absolute atomic E-state index is 13.3. The van der Waals surface area contributed by atoms with Crippen LogP contribution in [0.2, 0.25) is 0 Å². The molecule has 0 aliphatic heterocycles. The van der Waals surface area contributed by atoms with Gasteiger partial charge in [-0.25, -0.2) is 0 Å². The van der Waals surface area contributed by atoms with E-state index in [0.717, 1.165) is 0 Å². The van der Waals surface area contributed by atoms with E-state index in [-0.39, 0.29) is 0 Å². The predicted octanol–water partition coefficient (Wildman–Crippen LogP) is 3.69. The third-order valence-corrected chi connectivity index (χ3v) is 20.0. The Balaban J connectivity index is 5.39. The molecule has 0 aliphatic rings. The fourth-order valence-corrected chi connectivity index (χ4v) is 19.4. The second-order valence-corrected chi connectivity index (χ2v) is 19.7. The first kappa shape index (κ1) is 24.4. The summed E-state index contributed by atoms with van der Waals surface area (Å²) in [6, 6.07) is 0. The second-order valence-electron chi connectivity index (χ2n) is 5.32. The molecule has 0 unspecified atom stereocenters. The molecule has 0 saturated heterocycles. The Morgan fingerprint density at radius 3 is 1.00 bits per heavy atom. The molecule has 23 heavy (non-hydrogen) atoms. The van der Waals surface area contributed by atoms with Gasteiger partial charge < -0.3 is 0 Å². The first-order chi connectivity index (χ1) is 10.3. The van der Waals surface area contributed by atoms with Crippen LogP contribution < -0.4 is 0 Å². The normalized spacial score (nSPS) is 16.4. The summed E-state index contributed by atoms with van der Waals surface area (Å²) in [5, 5.41) is 0. The summed E-state index contributed by atoms with van der Waals surface area (Å²) in [7, 11) is -6.07. The van der Waals surface area contributed by atoms with Crippen LogP contribution in [-0.4, -0.2) is 77.4 Å². The van der Waals surface area contributed by atoms with Crippen LogP contribution in [-0.2, 0) is 23.0 Å². The molecular formula is C12H33O7S3Sb. The maximum atomic E-state index is 13.3. The van der Waals surface area contributed by atoms with E-state index in [1.165, 1.54) is 0 Å². The van der Waals surface area contributed by atoms with Gasteiger partial charge in [-0.05, 0) is 0 Å². The Labute approximate surface area is 152 Å². The number of rotatable bonds is 12. The van der Waals surface area contributed by atoms with Crippen LogP contribution in [0.1, 0.15) is 20.8 Å². The van der Waals surface area contributed by atoms with Crippen LogP contribution in [0, 0.1) is 0 Å². The van der Waals surface area contributed by atoms with Crippen LogP contribution in [0.25, 0.3) is 0 Å². The molecule has 0 spiro atoms. The van der Waals surface area contributed by atoms with Crippen molar-refractivity contribution in [2.24, 2.45) is 0 Å². The molecule has 0 bridgehead atoms. The molecule has 0 N–H and O–H groups in total. The number of hydrogen-bond donors (Lipinski definition) is 0. The van der Waals surface area contributed by atoms with Crippen LogP contribution >= 0.6 is 31.8 Å². The van der Waals surface area contributed by atoms with E-state index in [4.69, 9.17) is 19.9 Å². The summed E-state index contributed by atoms with van der Waals surface area (Å²) in [4.78, 5) is 0. The standard InChI is InChI=1S/3C4H12O2S.O.Sb/c3*1-4-6-7(2,3)5;;/h3*5H,4H2,1-3H3;;/q;;;;+3/p-3. The van der Waals surface area contributed by atoms with Gasteiger partial charge in [0.25, 0.3) is 0 Å². The molecule has 0 heterocycles. The molecule has 0 saturated carbocycles. The van der Waals surface area contributed by atoms with E-state index in [1.54, 1.807) is 37.5 Å². The number of hydrogen-bond acceptors (Lipinski definition) is 7. The molecule has 0 radical (unpaired) electrons. The van der Waals surface area contributed by atoms with Crippen molar-refractivity contribution in [1.29, 1.82) is 0 Å². The van der Waals surface area contributed by atoms with Gasteiger partial charge in [-0.2, -0.15) is 0 Å². The van der Waals surface area contributed by atoms with Crippen molar-refractivity contribution in [3.63, 3.8) is 0 Å². The Morgan fingerprint density at radius 2 is 0.826 bits per heavy atom. The SMILES string of the molecule is CCOS(C)(C)[O][Sb](=[O])([O]S(C)(C)OCC)[O]S(C)(C)OCC. The van der Waals surface area contributed by atoms with Gasteiger partial charge in [0.2, 0.25) is 0 Å². The summed E-state index contributed by atoms with van der Waals surface area (Å²) in [6.45, 7) is 6.91. The minimum absolute atomic E-state index is 0.450. The van der Waals surface area contributed by atoms with Crippen LogP contribution in [0.3, 0.4) is 0 Å². The molecule has 11 heteroatoms. The van der Waals surface area contributed by atoms with Gasteiger partial charge in [0.05, 0.1) is 0 Å². The second kappa shape index (κ2) is 9.94. The third kappa shape index (κ3) is 10.9. The quantitative estimate of drug-likeness (QED) is 0.373. The van der Waals surface area contributed by atoms with E-state index >= 15 is 0 Å². The summed E-state index contributed by atoms with van der Waals surface area (Å²) >= 11 is -5.04. The average molecular weight is 507 g/mol. The molecule has 0 aliphatic carbocycles. The summed E-state index contributed by atoms with van der Waals surface area (Å²) in [5.41, 5.74) is 0. The molecule has 0 atom stereocenters. The van der Waals surface area contributed by atoms with Gasteiger partial charge in [0.15, 0.2) is 0 Å². The molecule has 0 amide bonds. The minimum atomic E-state index is -5.04. The summed E-state index contributed by atoms with van der Waals surface area (Å²) in [6.07, 6.45) is 10.6. The Bertz CT molecular complexity index is 347. The van der Waals surface area contributed by atoms with Crippen molar-refractivity contribution < 1.29 is 23.0 Å². The van der Waals surface area contributed by atoms with Gasteiger partial charge >= 0.3 is 153 Å². The van der Waals surface area contributed by atoms with Crippen LogP contribution in [0.15, 0.2) is 0 Å². The zero-order chi connectivity index (χ0) is 18.4. The summed E-state index contributed by atoms with van der Waals surface area (Å²) in [5.74, 6) is 0. The fourth-order valence-electron chi connectivity index (χ4n) is 1.61. The van der Waals surface area contributed by atoms with Crippen molar-refractivity contribution in [1.82, 2.24) is 0 Å². The molecule has 0 aromatic heterocycles. The molecular weight excluding hydrogens is 474 g/mol. The third-order valence-electron chi connectivity index (χ3n) is 2.02. The van der Waals surface area contributed by atoms with Crippen LogP contribution in [0.4, 0.5) is 0 Å². The van der Waals surface area contributed by atoms with E-state index < -0.39 is 51.8 Å². The van der Waals surface area contributed by atoms with Crippen molar-refractivity contribution in [2.75, 3.05) is 57.4 Å². The van der Waals surface area contributed by atoms with Crippen molar-refractivity contribution in [3.05, 3.63) is 0 Å². The van der Waals surface area contributed by atoms with Gasteiger partial charge in [-0.1, -0.05) is 0 Å². The van der Waals surface area contributed by atoms with Gasteiger partial charge in [-0.15, -0.1) is 0 Å². The van der Waals surface area contributed by atoms with Crippen molar-refractivity contribution in [3.8, 4) is 0 Å². The Hall–Kier alpha value is 1.43. The van der Waals surface area contributed by atoms with E-state index in [1.807, 2.05) is 20.8 Å². The summed E-state index contributed by atoms with van der Waals surface area (Å²) < 4.78 is 47.3. The Morgan fingerprint density at radius 1 is 0.609 bits per heavy atom. The van der Waals surface area contributed by atoms with Gasteiger partial charge in [-0.3, -0.25) is 0 Å². The molecule has 0 fully saturated rings. The monoisotopic (exact) mass is 506 g/mol. The van der Waals surface area contributed by atoms with E-state index in [2.05, 4.69) is 0 Å². The van der Waals surface area contributed by atoms with E-state index in [9.17, 15) is 3.02 Å². The van der Waals surface area contributed by atoms with Crippen molar-refractivity contribution in [2.45, 2.75) is 20.8 Å². The average Bonchev–Trinajstić information content (AvgIpc) is 2.23. The zero-order valence-corrected chi connectivity index (χ0v) is 20.7. The van der Waals surface area contributed by atoms with Crippen molar-refractivity contribution >= 4 is 51.8 Å². The first-order valence-electron chi connectivity index (χ1n) is 7.17. The molecule has 0 aromatic carbocycles. The fraction of sp³-hybridized carbons (Fsp3) is 1.00. The molecule has 7 nitrogen and oxygen atoms in total.